The maximum atomic E-state index is 12.8. The summed E-state index contributed by atoms with van der Waals surface area (Å²) >= 11 is 0. The fourth-order valence-corrected chi connectivity index (χ4v) is 11.7. The molecule has 0 bridgehead atoms. The number of para-hydroxylation sites is 2. The van der Waals surface area contributed by atoms with E-state index in [1.165, 1.54) is 0 Å². The molecular weight excluding hydrogens is 560 g/mol. The Labute approximate surface area is 267 Å². The summed E-state index contributed by atoms with van der Waals surface area (Å²) in [4.78, 5) is 27.3. The summed E-state index contributed by atoms with van der Waals surface area (Å²) in [5.74, 6) is 0.574. The number of carbonyl (C=O) groups excluding carboxylic acids is 1. The van der Waals surface area contributed by atoms with Gasteiger partial charge in [0.2, 0.25) is 5.91 Å². The maximum Gasteiger partial charge on any atom is 0.224 e. The van der Waals surface area contributed by atoms with Crippen molar-refractivity contribution in [3.05, 3.63) is 60.2 Å². The Morgan fingerprint density at radius 2 is 1.69 bits per heavy atom. The molecule has 7 nitrogen and oxygen atoms in total. The third kappa shape index (κ3) is 4.51. The number of hydrogen-bond donors (Lipinski definition) is 3. The van der Waals surface area contributed by atoms with Crippen molar-refractivity contribution in [2.75, 3.05) is 5.32 Å². The Morgan fingerprint density at radius 1 is 0.978 bits per heavy atom. The molecule has 0 aliphatic heterocycles. The molecule has 45 heavy (non-hydrogen) atoms. The van der Waals surface area contributed by atoms with Gasteiger partial charge in [0, 0.05) is 18.0 Å². The third-order valence-corrected chi connectivity index (χ3v) is 13.9. The molecule has 4 aliphatic rings. The lowest BCUT2D eigenvalue weighted by atomic mass is 9.35. The first-order valence-electron chi connectivity index (χ1n) is 17.1. The predicted molar refractivity (Wildman–Crippen MR) is 176 cm³/mol. The highest BCUT2D eigenvalue weighted by atomic mass is 16.3. The highest BCUT2D eigenvalue weighted by molar-refractivity contribution is 5.90. The van der Waals surface area contributed by atoms with E-state index in [1.807, 2.05) is 25.1 Å². The minimum Gasteiger partial charge on any atom is -0.393 e. The Hall–Kier alpha value is -2.90. The van der Waals surface area contributed by atoms with Crippen LogP contribution >= 0.6 is 0 Å². The monoisotopic (exact) mass is 610 g/mol. The number of rotatable bonds is 5. The number of anilines is 1. The summed E-state index contributed by atoms with van der Waals surface area (Å²) in [6.07, 6.45) is 9.09. The molecule has 9 atom stereocenters. The zero-order valence-corrected chi connectivity index (χ0v) is 27.8. The van der Waals surface area contributed by atoms with Gasteiger partial charge in [0.15, 0.2) is 0 Å². The Balaban J connectivity index is 1.17. The molecule has 0 saturated heterocycles. The smallest absolute Gasteiger partial charge is 0.224 e. The lowest BCUT2D eigenvalue weighted by Gasteiger charge is -2.69. The number of benzene rings is 1. The molecule has 7 heteroatoms. The van der Waals surface area contributed by atoms with Crippen molar-refractivity contribution in [3.8, 4) is 0 Å². The van der Waals surface area contributed by atoms with Crippen molar-refractivity contribution >= 4 is 22.6 Å². The minimum atomic E-state index is -1.05. The first-order chi connectivity index (χ1) is 21.2. The SMILES string of the molecule is CC1(C)c2nc3ccccc3nc2C[C@]2(C)[C@H]3C[C@@H](O)[C@@H]4[C@@H]([C@@](C)(O)CCC(=O)Nc5cccnc5)CC[C@@]4(C)[C@]3(C)CC[C@@H]12. The van der Waals surface area contributed by atoms with Crippen LogP contribution in [-0.2, 0) is 16.6 Å². The molecule has 0 radical (unpaired) electrons. The summed E-state index contributed by atoms with van der Waals surface area (Å²) in [5, 5.41) is 27.0. The van der Waals surface area contributed by atoms with E-state index in [4.69, 9.17) is 9.97 Å². The van der Waals surface area contributed by atoms with Gasteiger partial charge in [-0.05, 0) is 116 Å². The summed E-state index contributed by atoms with van der Waals surface area (Å²) < 4.78 is 0. The largest absolute Gasteiger partial charge is 0.393 e. The molecule has 240 valence electrons. The number of aromatic nitrogens is 3. The lowest BCUT2D eigenvalue weighted by Crippen LogP contribution is -2.66. The van der Waals surface area contributed by atoms with E-state index in [0.29, 0.717) is 23.9 Å². The molecule has 3 aromatic rings. The normalized spacial score (nSPS) is 37.9. The number of fused-ring (bicyclic) bond motifs is 7. The van der Waals surface area contributed by atoms with Crippen molar-refractivity contribution in [2.45, 2.75) is 110 Å². The van der Waals surface area contributed by atoms with E-state index >= 15 is 0 Å². The van der Waals surface area contributed by atoms with E-state index in [0.717, 1.165) is 60.9 Å². The summed E-state index contributed by atoms with van der Waals surface area (Å²) in [5.41, 5.74) is 3.56. The predicted octanol–water partition coefficient (Wildman–Crippen LogP) is 6.86. The van der Waals surface area contributed by atoms with Gasteiger partial charge in [0.05, 0.1) is 46.0 Å². The van der Waals surface area contributed by atoms with Crippen LogP contribution in [0.5, 0.6) is 0 Å². The van der Waals surface area contributed by atoms with Gasteiger partial charge >= 0.3 is 0 Å². The average Bonchev–Trinajstić information content (AvgIpc) is 3.38. The average molecular weight is 611 g/mol. The molecule has 3 N–H and O–H groups in total. The van der Waals surface area contributed by atoms with Crippen molar-refractivity contribution in [2.24, 2.45) is 39.9 Å². The van der Waals surface area contributed by atoms with Gasteiger partial charge in [0.25, 0.3) is 0 Å². The first kappa shape index (κ1) is 30.7. The molecule has 3 fully saturated rings. The van der Waals surface area contributed by atoms with Gasteiger partial charge in [-0.3, -0.25) is 9.78 Å². The van der Waals surface area contributed by atoms with E-state index in [2.05, 4.69) is 57.1 Å². The van der Waals surface area contributed by atoms with Crippen LogP contribution in [0.4, 0.5) is 5.69 Å². The number of nitrogens with zero attached hydrogens (tertiary/aromatic N) is 3. The summed E-state index contributed by atoms with van der Waals surface area (Å²) in [7, 11) is 0. The van der Waals surface area contributed by atoms with Crippen LogP contribution in [0.15, 0.2) is 48.8 Å². The maximum absolute atomic E-state index is 12.8. The molecule has 4 aliphatic carbocycles. The zero-order chi connectivity index (χ0) is 32.0. The topological polar surface area (TPSA) is 108 Å². The number of hydrogen-bond acceptors (Lipinski definition) is 6. The van der Waals surface area contributed by atoms with Crippen LogP contribution in [-0.4, -0.2) is 42.8 Å². The number of aliphatic hydroxyl groups excluding tert-OH is 1. The molecule has 2 aromatic heterocycles. The van der Waals surface area contributed by atoms with Crippen LogP contribution < -0.4 is 5.32 Å². The third-order valence-electron chi connectivity index (χ3n) is 13.9. The van der Waals surface area contributed by atoms with Crippen molar-refractivity contribution in [1.29, 1.82) is 0 Å². The van der Waals surface area contributed by atoms with E-state index in [9.17, 15) is 15.0 Å². The van der Waals surface area contributed by atoms with E-state index < -0.39 is 11.7 Å². The van der Waals surface area contributed by atoms with Gasteiger partial charge in [-0.15, -0.1) is 0 Å². The van der Waals surface area contributed by atoms with Gasteiger partial charge in [-0.1, -0.05) is 46.8 Å². The molecule has 0 spiro atoms. The van der Waals surface area contributed by atoms with E-state index in [-0.39, 0.29) is 45.8 Å². The zero-order valence-electron chi connectivity index (χ0n) is 27.8. The highest BCUT2D eigenvalue weighted by Gasteiger charge is 2.71. The fourth-order valence-electron chi connectivity index (χ4n) is 11.7. The molecule has 3 saturated carbocycles. The molecule has 7 rings (SSSR count). The Bertz CT molecular complexity index is 1620. The summed E-state index contributed by atoms with van der Waals surface area (Å²) in [6, 6.07) is 11.8. The van der Waals surface area contributed by atoms with Crippen LogP contribution in [0, 0.1) is 39.9 Å². The van der Waals surface area contributed by atoms with Crippen LogP contribution in [0.1, 0.15) is 97.9 Å². The van der Waals surface area contributed by atoms with Crippen LogP contribution in [0.3, 0.4) is 0 Å². The molecule has 1 amide bonds. The van der Waals surface area contributed by atoms with Gasteiger partial charge < -0.3 is 15.5 Å². The molecule has 0 unspecified atom stereocenters. The molecular formula is C38H50N4O3. The second-order valence-corrected chi connectivity index (χ2v) is 16.5. The summed E-state index contributed by atoms with van der Waals surface area (Å²) in [6.45, 7) is 14.0. The Kier molecular flexibility index (Phi) is 7.04. The second-order valence-electron chi connectivity index (χ2n) is 16.5. The van der Waals surface area contributed by atoms with Gasteiger partial charge in [-0.2, -0.15) is 0 Å². The lowest BCUT2D eigenvalue weighted by molar-refractivity contribution is -0.224. The van der Waals surface area contributed by atoms with Crippen molar-refractivity contribution in [3.63, 3.8) is 0 Å². The number of carbonyl (C=O) groups is 1. The number of aliphatic hydroxyl groups is 2. The fraction of sp³-hybridized carbons (Fsp3) is 0.632. The van der Waals surface area contributed by atoms with E-state index in [1.54, 1.807) is 18.5 Å². The van der Waals surface area contributed by atoms with Gasteiger partial charge in [0.1, 0.15) is 0 Å². The highest BCUT2D eigenvalue weighted by Crippen LogP contribution is 2.75. The minimum absolute atomic E-state index is 0.0112. The number of amides is 1. The van der Waals surface area contributed by atoms with Crippen molar-refractivity contribution < 1.29 is 15.0 Å². The molecule has 1 aromatic carbocycles. The Morgan fingerprint density at radius 3 is 2.40 bits per heavy atom. The molecule has 2 heterocycles. The number of pyridine rings is 1. The van der Waals surface area contributed by atoms with Gasteiger partial charge in [-0.25, -0.2) is 9.97 Å². The number of nitrogens with one attached hydrogen (secondary N) is 1. The van der Waals surface area contributed by atoms with Crippen molar-refractivity contribution in [1.82, 2.24) is 15.0 Å². The first-order valence-corrected chi connectivity index (χ1v) is 17.1. The second kappa shape index (κ2) is 10.3. The van der Waals surface area contributed by atoms with Crippen LogP contribution in [0.2, 0.25) is 0 Å². The quantitative estimate of drug-likeness (QED) is 0.291. The van der Waals surface area contributed by atoms with Crippen LogP contribution in [0.25, 0.3) is 11.0 Å². The standard InChI is InChI=1S/C38H50N4O3/c1-34(2)29-14-17-36(4)30(35(29,3)21-27-33(34)42-26-12-8-7-11-25(26)41-27)20-28(43)32-24(13-16-37(32,36)5)38(6,45)18-15-31(44)40-23-10-9-19-39-22-23/h7-12,19,22,24,28-30,32,43,45H,13-18,20-21H2,1-6H3,(H,40,44)/t24-,28+,29-,30+,32-,35-,36+,37+,38-/m0/s1.